The number of ether oxygens (including phenoxy) is 2. The van der Waals surface area contributed by atoms with Crippen molar-refractivity contribution in [1.29, 1.82) is 0 Å². The zero-order valence-corrected chi connectivity index (χ0v) is 9.40. The first-order valence-corrected chi connectivity index (χ1v) is 5.84. The molecule has 0 bridgehead atoms. The minimum atomic E-state index is -0.531. The lowest BCUT2D eigenvalue weighted by Gasteiger charge is -2.33. The van der Waals surface area contributed by atoms with Gasteiger partial charge in [0.15, 0.2) is 6.04 Å². The molecule has 2 atom stereocenters. The Balaban J connectivity index is 1.73. The second kappa shape index (κ2) is 4.72. The predicted octanol–water partition coefficient (Wildman–Crippen LogP) is 1.36. The fourth-order valence-corrected chi connectivity index (χ4v) is 2.12. The van der Waals surface area contributed by atoms with Crippen molar-refractivity contribution in [3.05, 3.63) is 0 Å². The number of carbonyl (C=O) groups is 2. The molecule has 90 valence electrons. The van der Waals surface area contributed by atoms with Crippen molar-refractivity contribution in [2.75, 3.05) is 0 Å². The van der Waals surface area contributed by atoms with Gasteiger partial charge >= 0.3 is 12.1 Å². The van der Waals surface area contributed by atoms with Crippen LogP contribution in [0.4, 0.5) is 4.79 Å². The fourth-order valence-electron chi connectivity index (χ4n) is 2.12. The molecule has 16 heavy (non-hydrogen) atoms. The highest BCUT2D eigenvalue weighted by Gasteiger charge is 2.40. The smallest absolute Gasteiger partial charge is 0.408 e. The zero-order chi connectivity index (χ0) is 11.5. The van der Waals surface area contributed by atoms with Gasteiger partial charge in [0.05, 0.1) is 0 Å². The Labute approximate surface area is 94.5 Å². The van der Waals surface area contributed by atoms with Crippen LogP contribution in [0.5, 0.6) is 0 Å². The highest BCUT2D eigenvalue weighted by molar-refractivity contribution is 5.86. The van der Waals surface area contributed by atoms with Crippen LogP contribution in [0.2, 0.25) is 0 Å². The maximum absolute atomic E-state index is 11.5. The summed E-state index contributed by atoms with van der Waals surface area (Å²) in [6.07, 6.45) is 4.57. The average molecular weight is 227 g/mol. The van der Waals surface area contributed by atoms with Crippen molar-refractivity contribution < 1.29 is 19.1 Å². The van der Waals surface area contributed by atoms with E-state index in [1.807, 2.05) is 0 Å². The van der Waals surface area contributed by atoms with Gasteiger partial charge in [0.2, 0.25) is 0 Å². The third-order valence-corrected chi connectivity index (χ3v) is 3.12. The Morgan fingerprint density at radius 3 is 2.62 bits per heavy atom. The number of cyclic esters (lactones) is 1. The molecule has 1 N–H and O–H groups in total. The van der Waals surface area contributed by atoms with Crippen molar-refractivity contribution in [2.24, 2.45) is 0 Å². The number of hydrogen-bond acceptors (Lipinski definition) is 4. The molecule has 2 aliphatic rings. The standard InChI is InChI=1S/C11H17NO4/c1-7-9(10(13)15-7)12-11(14)16-8-5-3-2-4-6-8/h7-9H,2-6H2,1H3,(H,12,14). The van der Waals surface area contributed by atoms with Gasteiger partial charge in [-0.05, 0) is 32.6 Å². The molecule has 1 saturated carbocycles. The van der Waals surface area contributed by atoms with Crippen molar-refractivity contribution >= 4 is 12.1 Å². The number of carbonyl (C=O) groups excluding carboxylic acids is 2. The second-order valence-electron chi connectivity index (χ2n) is 4.43. The molecule has 2 rings (SSSR count). The Morgan fingerprint density at radius 2 is 2.06 bits per heavy atom. The van der Waals surface area contributed by atoms with Gasteiger partial charge in [0, 0.05) is 0 Å². The quantitative estimate of drug-likeness (QED) is 0.723. The lowest BCUT2D eigenvalue weighted by atomic mass is 9.98. The first-order valence-electron chi connectivity index (χ1n) is 5.84. The number of alkyl carbamates (subject to hydrolysis) is 1. The van der Waals surface area contributed by atoms with Crippen LogP contribution in [0.3, 0.4) is 0 Å². The Hall–Kier alpha value is -1.26. The molecular weight excluding hydrogens is 210 g/mol. The third-order valence-electron chi connectivity index (χ3n) is 3.12. The molecule has 2 fully saturated rings. The van der Waals surface area contributed by atoms with Gasteiger partial charge in [-0.2, -0.15) is 0 Å². The molecule has 1 heterocycles. The molecule has 0 aromatic rings. The SMILES string of the molecule is CC1OC(=O)C1NC(=O)OC1CCCCC1. The van der Waals surface area contributed by atoms with E-state index in [0.717, 1.165) is 25.7 Å². The summed E-state index contributed by atoms with van der Waals surface area (Å²) in [5.74, 6) is -0.381. The topological polar surface area (TPSA) is 64.6 Å². The molecule has 0 radical (unpaired) electrons. The third kappa shape index (κ3) is 2.46. The molecule has 1 amide bonds. The van der Waals surface area contributed by atoms with Crippen LogP contribution in [0.1, 0.15) is 39.0 Å². The van der Waals surface area contributed by atoms with E-state index >= 15 is 0 Å². The maximum atomic E-state index is 11.5. The van der Waals surface area contributed by atoms with E-state index in [1.165, 1.54) is 6.42 Å². The molecular formula is C11H17NO4. The summed E-state index contributed by atoms with van der Waals surface area (Å²) in [5.41, 5.74) is 0. The molecule has 1 aliphatic carbocycles. The van der Waals surface area contributed by atoms with Gasteiger partial charge in [-0.15, -0.1) is 0 Å². The summed E-state index contributed by atoms with van der Waals surface area (Å²) < 4.78 is 9.97. The number of hydrogen-bond donors (Lipinski definition) is 1. The average Bonchev–Trinajstić information content (AvgIpc) is 2.28. The number of rotatable bonds is 2. The highest BCUT2D eigenvalue weighted by atomic mass is 16.6. The molecule has 2 unspecified atom stereocenters. The van der Waals surface area contributed by atoms with Gasteiger partial charge in [0.25, 0.3) is 0 Å². The van der Waals surface area contributed by atoms with Crippen LogP contribution in [0.15, 0.2) is 0 Å². The highest BCUT2D eigenvalue weighted by Crippen LogP contribution is 2.21. The number of esters is 1. The lowest BCUT2D eigenvalue weighted by molar-refractivity contribution is -0.174. The van der Waals surface area contributed by atoms with Crippen LogP contribution in [0, 0.1) is 0 Å². The Kier molecular flexibility index (Phi) is 3.31. The number of amides is 1. The predicted molar refractivity (Wildman–Crippen MR) is 55.8 cm³/mol. The summed E-state index contributed by atoms with van der Waals surface area (Å²) in [4.78, 5) is 22.4. The molecule has 5 nitrogen and oxygen atoms in total. The maximum Gasteiger partial charge on any atom is 0.408 e. The molecule has 0 aromatic carbocycles. The zero-order valence-electron chi connectivity index (χ0n) is 9.40. The molecule has 1 saturated heterocycles. The van der Waals surface area contributed by atoms with Crippen LogP contribution in [-0.2, 0) is 14.3 Å². The minimum absolute atomic E-state index is 0.0140. The van der Waals surface area contributed by atoms with E-state index in [1.54, 1.807) is 6.92 Å². The minimum Gasteiger partial charge on any atom is -0.458 e. The largest absolute Gasteiger partial charge is 0.458 e. The summed E-state index contributed by atoms with van der Waals surface area (Å²) in [6, 6.07) is -0.531. The normalized spacial score (nSPS) is 30.2. The Bertz CT molecular complexity index is 286. The van der Waals surface area contributed by atoms with Gasteiger partial charge in [-0.1, -0.05) is 6.42 Å². The van der Waals surface area contributed by atoms with E-state index in [2.05, 4.69) is 5.32 Å². The first kappa shape index (κ1) is 11.2. The van der Waals surface area contributed by atoms with E-state index < -0.39 is 12.1 Å². The molecule has 0 aromatic heterocycles. The molecule has 0 spiro atoms. The number of nitrogens with one attached hydrogen (secondary N) is 1. The van der Waals surface area contributed by atoms with Crippen molar-refractivity contribution in [2.45, 2.75) is 57.3 Å². The lowest BCUT2D eigenvalue weighted by Crippen LogP contribution is -2.58. The summed E-state index contributed by atoms with van der Waals surface area (Å²) in [7, 11) is 0. The second-order valence-corrected chi connectivity index (χ2v) is 4.43. The van der Waals surface area contributed by atoms with Gasteiger partial charge < -0.3 is 14.8 Å². The fraction of sp³-hybridized carbons (Fsp3) is 0.818. The van der Waals surface area contributed by atoms with Crippen LogP contribution < -0.4 is 5.32 Å². The Morgan fingerprint density at radius 1 is 1.38 bits per heavy atom. The summed E-state index contributed by atoms with van der Waals surface area (Å²) in [5, 5.41) is 2.53. The first-order chi connectivity index (χ1) is 7.66. The van der Waals surface area contributed by atoms with E-state index in [-0.39, 0.29) is 18.2 Å². The molecule has 5 heteroatoms. The van der Waals surface area contributed by atoms with E-state index in [9.17, 15) is 9.59 Å². The van der Waals surface area contributed by atoms with Gasteiger partial charge in [-0.3, -0.25) is 0 Å². The summed E-state index contributed by atoms with van der Waals surface area (Å²) in [6.45, 7) is 1.74. The van der Waals surface area contributed by atoms with Crippen LogP contribution >= 0.6 is 0 Å². The van der Waals surface area contributed by atoms with Crippen molar-refractivity contribution in [1.82, 2.24) is 5.32 Å². The van der Waals surface area contributed by atoms with Gasteiger partial charge in [-0.25, -0.2) is 9.59 Å². The van der Waals surface area contributed by atoms with Crippen molar-refractivity contribution in [3.63, 3.8) is 0 Å². The van der Waals surface area contributed by atoms with E-state index in [0.29, 0.717) is 0 Å². The van der Waals surface area contributed by atoms with Crippen LogP contribution in [0.25, 0.3) is 0 Å². The van der Waals surface area contributed by atoms with Crippen LogP contribution in [-0.4, -0.2) is 30.3 Å². The van der Waals surface area contributed by atoms with Crippen molar-refractivity contribution in [3.8, 4) is 0 Å². The van der Waals surface area contributed by atoms with E-state index in [4.69, 9.17) is 9.47 Å². The monoisotopic (exact) mass is 227 g/mol. The van der Waals surface area contributed by atoms with Gasteiger partial charge in [0.1, 0.15) is 12.2 Å². The summed E-state index contributed by atoms with van der Waals surface area (Å²) >= 11 is 0. The molecule has 1 aliphatic heterocycles.